The van der Waals surface area contributed by atoms with Gasteiger partial charge in [0.25, 0.3) is 0 Å². The predicted octanol–water partition coefficient (Wildman–Crippen LogP) is 1.31. The summed E-state index contributed by atoms with van der Waals surface area (Å²) in [5.41, 5.74) is 0.644. The lowest BCUT2D eigenvalue weighted by Crippen LogP contribution is -2.44. The van der Waals surface area contributed by atoms with Gasteiger partial charge in [0.15, 0.2) is 9.84 Å². The average Bonchev–Trinajstić information content (AvgIpc) is 2.44. The van der Waals surface area contributed by atoms with E-state index in [0.717, 1.165) is 0 Å². The lowest BCUT2D eigenvalue weighted by Gasteiger charge is -2.26. The van der Waals surface area contributed by atoms with Gasteiger partial charge in [-0.2, -0.15) is 0 Å². The SMILES string of the molecule is CC(C)Nc1cccc(F)c1NC(=O)CN1CCS(=O)(=O)CC1. The van der Waals surface area contributed by atoms with Crippen LogP contribution in [0.15, 0.2) is 18.2 Å². The fourth-order valence-corrected chi connectivity index (χ4v) is 3.65. The van der Waals surface area contributed by atoms with Crippen molar-refractivity contribution in [3.8, 4) is 0 Å². The first kappa shape index (κ1) is 17.7. The summed E-state index contributed by atoms with van der Waals surface area (Å²) in [4.78, 5) is 13.9. The molecule has 0 bridgehead atoms. The molecule has 2 rings (SSSR count). The van der Waals surface area contributed by atoms with Crippen molar-refractivity contribution < 1.29 is 17.6 Å². The molecule has 1 aromatic carbocycles. The average molecular weight is 343 g/mol. The standard InChI is InChI=1S/C15H22FN3O3S/c1-11(2)17-13-5-3-4-12(16)15(13)18-14(20)10-19-6-8-23(21,22)9-7-19/h3-5,11,17H,6-10H2,1-2H3,(H,18,20). The molecule has 6 nitrogen and oxygen atoms in total. The first-order valence-corrected chi connectivity index (χ1v) is 9.36. The summed E-state index contributed by atoms with van der Waals surface area (Å²) in [6.45, 7) is 4.54. The summed E-state index contributed by atoms with van der Waals surface area (Å²) in [6.07, 6.45) is 0. The topological polar surface area (TPSA) is 78.5 Å². The predicted molar refractivity (Wildman–Crippen MR) is 88.9 cm³/mol. The molecule has 128 valence electrons. The van der Waals surface area contributed by atoms with E-state index in [9.17, 15) is 17.6 Å². The van der Waals surface area contributed by atoms with Crippen molar-refractivity contribution in [3.05, 3.63) is 24.0 Å². The first-order chi connectivity index (χ1) is 10.8. The molecule has 1 amide bonds. The Morgan fingerprint density at radius 1 is 1.30 bits per heavy atom. The molecule has 0 aliphatic carbocycles. The van der Waals surface area contributed by atoms with Crippen molar-refractivity contribution in [2.75, 3.05) is 41.8 Å². The van der Waals surface area contributed by atoms with Crippen LogP contribution in [0.25, 0.3) is 0 Å². The van der Waals surface area contributed by atoms with Gasteiger partial charge in [0.2, 0.25) is 5.91 Å². The molecule has 1 saturated heterocycles. The number of hydrogen-bond acceptors (Lipinski definition) is 5. The maximum atomic E-state index is 14.0. The summed E-state index contributed by atoms with van der Waals surface area (Å²) >= 11 is 0. The van der Waals surface area contributed by atoms with Crippen LogP contribution in [0.2, 0.25) is 0 Å². The summed E-state index contributed by atoms with van der Waals surface area (Å²) < 4.78 is 36.8. The lowest BCUT2D eigenvalue weighted by atomic mass is 10.2. The maximum Gasteiger partial charge on any atom is 0.238 e. The van der Waals surface area contributed by atoms with Gasteiger partial charge in [0.1, 0.15) is 11.5 Å². The molecule has 0 atom stereocenters. The van der Waals surface area contributed by atoms with E-state index in [1.54, 1.807) is 17.0 Å². The molecule has 1 fully saturated rings. The molecule has 0 aromatic heterocycles. The molecule has 23 heavy (non-hydrogen) atoms. The van der Waals surface area contributed by atoms with Crippen LogP contribution >= 0.6 is 0 Å². The van der Waals surface area contributed by atoms with Gasteiger partial charge in [-0.1, -0.05) is 6.07 Å². The normalized spacial score (nSPS) is 17.9. The van der Waals surface area contributed by atoms with Crippen molar-refractivity contribution in [1.29, 1.82) is 0 Å². The van der Waals surface area contributed by atoms with E-state index in [2.05, 4.69) is 10.6 Å². The van der Waals surface area contributed by atoms with E-state index in [1.165, 1.54) is 6.07 Å². The van der Waals surface area contributed by atoms with Crippen molar-refractivity contribution in [2.24, 2.45) is 0 Å². The Hall–Kier alpha value is -1.67. The van der Waals surface area contributed by atoms with Crippen LogP contribution in [0.4, 0.5) is 15.8 Å². The molecule has 0 spiro atoms. The molecule has 1 aliphatic rings. The quantitative estimate of drug-likeness (QED) is 0.843. The minimum absolute atomic E-state index is 0.0466. The second-order valence-electron chi connectivity index (χ2n) is 5.94. The monoisotopic (exact) mass is 343 g/mol. The maximum absolute atomic E-state index is 14.0. The van der Waals surface area contributed by atoms with Crippen LogP contribution in [-0.4, -0.2) is 56.4 Å². The third-order valence-electron chi connectivity index (χ3n) is 3.53. The lowest BCUT2D eigenvalue weighted by molar-refractivity contribution is -0.117. The number of carbonyl (C=O) groups is 1. The fraction of sp³-hybridized carbons (Fsp3) is 0.533. The van der Waals surface area contributed by atoms with Gasteiger partial charge in [-0.05, 0) is 26.0 Å². The van der Waals surface area contributed by atoms with Crippen LogP contribution in [0.5, 0.6) is 0 Å². The number of benzene rings is 1. The zero-order valence-corrected chi connectivity index (χ0v) is 14.1. The highest BCUT2D eigenvalue weighted by Gasteiger charge is 2.23. The molecular formula is C15H22FN3O3S. The summed E-state index contributed by atoms with van der Waals surface area (Å²) in [7, 11) is -2.98. The molecule has 0 saturated carbocycles. The van der Waals surface area contributed by atoms with Gasteiger partial charge in [0.05, 0.1) is 23.7 Å². The minimum atomic E-state index is -2.98. The third kappa shape index (κ3) is 5.18. The highest BCUT2D eigenvalue weighted by Crippen LogP contribution is 2.25. The van der Waals surface area contributed by atoms with Crippen molar-refractivity contribution >= 4 is 27.1 Å². The second kappa shape index (κ2) is 7.27. The van der Waals surface area contributed by atoms with Gasteiger partial charge in [-0.15, -0.1) is 0 Å². The number of nitrogens with zero attached hydrogens (tertiary/aromatic N) is 1. The molecule has 1 heterocycles. The zero-order chi connectivity index (χ0) is 17.0. The van der Waals surface area contributed by atoms with Crippen molar-refractivity contribution in [3.63, 3.8) is 0 Å². The van der Waals surface area contributed by atoms with Gasteiger partial charge in [-0.25, -0.2) is 12.8 Å². The fourth-order valence-electron chi connectivity index (χ4n) is 2.37. The van der Waals surface area contributed by atoms with Crippen LogP contribution in [0.1, 0.15) is 13.8 Å². The second-order valence-corrected chi connectivity index (χ2v) is 8.24. The highest BCUT2D eigenvalue weighted by atomic mass is 32.2. The van der Waals surface area contributed by atoms with Crippen molar-refractivity contribution in [2.45, 2.75) is 19.9 Å². The number of sulfone groups is 1. The molecule has 1 aromatic rings. The van der Waals surface area contributed by atoms with Gasteiger partial charge >= 0.3 is 0 Å². The molecule has 0 unspecified atom stereocenters. The third-order valence-corrected chi connectivity index (χ3v) is 5.14. The molecule has 0 radical (unpaired) electrons. The largest absolute Gasteiger partial charge is 0.381 e. The smallest absolute Gasteiger partial charge is 0.238 e. The van der Waals surface area contributed by atoms with Crippen LogP contribution in [-0.2, 0) is 14.6 Å². The first-order valence-electron chi connectivity index (χ1n) is 7.54. The van der Waals surface area contributed by atoms with Gasteiger partial charge in [0, 0.05) is 19.1 Å². The van der Waals surface area contributed by atoms with E-state index in [4.69, 9.17) is 0 Å². The van der Waals surface area contributed by atoms with E-state index in [-0.39, 0.29) is 35.7 Å². The number of amides is 1. The van der Waals surface area contributed by atoms with E-state index in [0.29, 0.717) is 18.8 Å². The van der Waals surface area contributed by atoms with Crippen LogP contribution in [0, 0.1) is 5.82 Å². The van der Waals surface area contributed by atoms with Crippen LogP contribution in [0.3, 0.4) is 0 Å². The van der Waals surface area contributed by atoms with Crippen LogP contribution < -0.4 is 10.6 Å². The number of para-hydroxylation sites is 1. The van der Waals surface area contributed by atoms with Gasteiger partial charge < -0.3 is 10.6 Å². The Labute approximate surface area is 136 Å². The van der Waals surface area contributed by atoms with E-state index < -0.39 is 15.7 Å². The number of nitrogens with one attached hydrogen (secondary N) is 2. The Bertz CT molecular complexity index is 663. The minimum Gasteiger partial charge on any atom is -0.381 e. The van der Waals surface area contributed by atoms with E-state index in [1.807, 2.05) is 13.8 Å². The summed E-state index contributed by atoms with van der Waals surface area (Å²) in [5.74, 6) is -0.758. The summed E-state index contributed by atoms with van der Waals surface area (Å²) in [6, 6.07) is 4.66. The Balaban J connectivity index is 2.00. The van der Waals surface area contributed by atoms with Gasteiger partial charge in [-0.3, -0.25) is 9.69 Å². The molecule has 8 heteroatoms. The number of carbonyl (C=O) groups excluding carboxylic acids is 1. The number of rotatable bonds is 5. The molecule has 1 aliphatic heterocycles. The number of hydrogen-bond donors (Lipinski definition) is 2. The molecule has 2 N–H and O–H groups in total. The number of anilines is 2. The highest BCUT2D eigenvalue weighted by molar-refractivity contribution is 7.91. The van der Waals surface area contributed by atoms with E-state index >= 15 is 0 Å². The Morgan fingerprint density at radius 2 is 1.96 bits per heavy atom. The Morgan fingerprint density at radius 3 is 2.57 bits per heavy atom. The summed E-state index contributed by atoms with van der Waals surface area (Å²) in [5, 5.41) is 5.67. The zero-order valence-electron chi connectivity index (χ0n) is 13.3. The molecular weight excluding hydrogens is 321 g/mol. The Kier molecular flexibility index (Phi) is 5.59. The van der Waals surface area contributed by atoms with Crippen molar-refractivity contribution in [1.82, 2.24) is 4.90 Å². The number of halogens is 1.